The zero-order valence-corrected chi connectivity index (χ0v) is 12.7. The van der Waals surface area contributed by atoms with Crippen molar-refractivity contribution in [2.24, 2.45) is 4.99 Å². The number of amides is 2. The smallest absolute Gasteiger partial charge is 0.408 e. The van der Waals surface area contributed by atoms with Crippen LogP contribution in [0.5, 0.6) is 0 Å². The van der Waals surface area contributed by atoms with Crippen molar-refractivity contribution in [2.45, 2.75) is 26.0 Å². The summed E-state index contributed by atoms with van der Waals surface area (Å²) in [7, 11) is 1.35. The molecule has 0 bridgehead atoms. The Labute approximate surface area is 129 Å². The van der Waals surface area contributed by atoms with Crippen LogP contribution in [-0.2, 0) is 16.1 Å². The van der Waals surface area contributed by atoms with Gasteiger partial charge in [-0.25, -0.2) is 4.79 Å². The number of hydrogen-bond acceptors (Lipinski definition) is 5. The van der Waals surface area contributed by atoms with E-state index < -0.39 is 23.9 Å². The number of rotatable bonds is 7. The van der Waals surface area contributed by atoms with Crippen LogP contribution in [0.25, 0.3) is 0 Å². The van der Waals surface area contributed by atoms with Gasteiger partial charge in [-0.15, -0.1) is 0 Å². The van der Waals surface area contributed by atoms with Gasteiger partial charge in [-0.3, -0.25) is 4.79 Å². The van der Waals surface area contributed by atoms with Crippen LogP contribution in [0.4, 0.5) is 4.79 Å². The van der Waals surface area contributed by atoms with Crippen LogP contribution in [0.2, 0.25) is 0 Å². The predicted molar refractivity (Wildman–Crippen MR) is 80.2 cm³/mol. The Morgan fingerprint density at radius 2 is 2.00 bits per heavy atom. The predicted octanol–water partition coefficient (Wildman–Crippen LogP) is 0.196. The monoisotopic (exact) mass is 306 g/mol. The molecule has 1 aromatic rings. The van der Waals surface area contributed by atoms with Crippen molar-refractivity contribution in [1.29, 1.82) is 0 Å². The van der Waals surface area contributed by atoms with E-state index in [1.807, 2.05) is 30.3 Å². The quantitative estimate of drug-likeness (QED) is 0.554. The molecule has 0 aliphatic rings. The van der Waals surface area contributed by atoms with Gasteiger partial charge in [0, 0.05) is 13.6 Å². The second-order valence-corrected chi connectivity index (χ2v) is 4.50. The number of ether oxygens (including phenoxy) is 1. The van der Waals surface area contributed by atoms with Crippen LogP contribution in [0.3, 0.4) is 0 Å². The zero-order valence-electron chi connectivity index (χ0n) is 12.7. The fourth-order valence-electron chi connectivity index (χ4n) is 1.63. The molecule has 0 aliphatic carbocycles. The van der Waals surface area contributed by atoms with Gasteiger partial charge >= 0.3 is 6.09 Å². The fourth-order valence-corrected chi connectivity index (χ4v) is 1.63. The van der Waals surface area contributed by atoms with Gasteiger partial charge in [0.05, 0.1) is 0 Å². The van der Waals surface area contributed by atoms with Crippen molar-refractivity contribution in [2.75, 3.05) is 13.6 Å². The van der Waals surface area contributed by atoms with E-state index in [1.54, 1.807) is 6.92 Å². The Kier molecular flexibility index (Phi) is 7.45. The third kappa shape index (κ3) is 6.25. The van der Waals surface area contributed by atoms with Crippen LogP contribution < -0.4 is 15.7 Å². The van der Waals surface area contributed by atoms with E-state index in [0.717, 1.165) is 5.56 Å². The van der Waals surface area contributed by atoms with E-state index in [9.17, 15) is 14.7 Å². The SMILES string of the molecule is CCC(NC(=O)OCc1ccccc1)C(=O)NCC([O-])=NC. The van der Waals surface area contributed by atoms with Crippen molar-refractivity contribution < 1.29 is 19.4 Å². The van der Waals surface area contributed by atoms with Crippen molar-refractivity contribution in [3.63, 3.8) is 0 Å². The molecular weight excluding hydrogens is 286 g/mol. The van der Waals surface area contributed by atoms with E-state index in [1.165, 1.54) is 7.05 Å². The van der Waals surface area contributed by atoms with E-state index >= 15 is 0 Å². The Balaban J connectivity index is 2.40. The summed E-state index contributed by atoms with van der Waals surface area (Å²) < 4.78 is 5.04. The first-order valence-corrected chi connectivity index (χ1v) is 6.94. The molecule has 1 unspecified atom stereocenters. The number of nitrogens with one attached hydrogen (secondary N) is 2. The largest absolute Gasteiger partial charge is 0.861 e. The summed E-state index contributed by atoms with van der Waals surface area (Å²) in [5.74, 6) is -0.883. The second-order valence-electron chi connectivity index (χ2n) is 4.50. The summed E-state index contributed by atoms with van der Waals surface area (Å²) in [6, 6.07) is 8.45. The highest BCUT2D eigenvalue weighted by molar-refractivity contribution is 5.88. The molecule has 0 radical (unpaired) electrons. The number of nitrogens with zero attached hydrogens (tertiary/aromatic N) is 1. The molecule has 0 heterocycles. The van der Waals surface area contributed by atoms with Crippen molar-refractivity contribution in [1.82, 2.24) is 10.6 Å². The molecule has 0 aromatic heterocycles. The van der Waals surface area contributed by atoms with Crippen molar-refractivity contribution in [3.05, 3.63) is 35.9 Å². The van der Waals surface area contributed by atoms with Crippen LogP contribution in [-0.4, -0.2) is 37.5 Å². The molecule has 1 rings (SSSR count). The van der Waals surface area contributed by atoms with Crippen molar-refractivity contribution in [3.8, 4) is 0 Å². The van der Waals surface area contributed by atoms with Gasteiger partial charge in [0.25, 0.3) is 0 Å². The lowest BCUT2D eigenvalue weighted by molar-refractivity contribution is -0.217. The lowest BCUT2D eigenvalue weighted by Gasteiger charge is -2.18. The highest BCUT2D eigenvalue weighted by Gasteiger charge is 2.19. The number of carbonyl (C=O) groups is 2. The lowest BCUT2D eigenvalue weighted by atomic mass is 10.2. The number of alkyl carbamates (subject to hydrolysis) is 1. The minimum absolute atomic E-state index is 0.123. The fraction of sp³-hybridized carbons (Fsp3) is 0.400. The maximum atomic E-state index is 11.8. The molecule has 1 aromatic carbocycles. The minimum Gasteiger partial charge on any atom is -0.861 e. The van der Waals surface area contributed by atoms with Crippen LogP contribution in [0.1, 0.15) is 18.9 Å². The summed E-state index contributed by atoms with van der Waals surface area (Å²) in [5.41, 5.74) is 0.852. The van der Waals surface area contributed by atoms with Gasteiger partial charge < -0.3 is 25.5 Å². The summed E-state index contributed by atoms with van der Waals surface area (Å²) in [5, 5.41) is 15.9. The third-order valence-electron chi connectivity index (χ3n) is 2.89. The van der Waals surface area contributed by atoms with Gasteiger partial charge in [0.1, 0.15) is 12.6 Å². The Bertz CT molecular complexity index is 517. The molecule has 0 saturated heterocycles. The van der Waals surface area contributed by atoms with Crippen LogP contribution in [0.15, 0.2) is 35.3 Å². The van der Waals surface area contributed by atoms with Gasteiger partial charge in [-0.05, 0) is 17.9 Å². The Morgan fingerprint density at radius 3 is 2.59 bits per heavy atom. The molecule has 2 amide bonds. The molecule has 0 fully saturated rings. The lowest BCUT2D eigenvalue weighted by Crippen LogP contribution is -2.48. The van der Waals surface area contributed by atoms with Gasteiger partial charge in [0.15, 0.2) is 0 Å². The standard InChI is InChI=1S/C15H21N3O4/c1-3-12(14(20)17-9-13(19)16-2)18-15(21)22-10-11-7-5-4-6-8-11/h4-8,12H,3,9-10H2,1-2H3,(H,16,19)(H,17,20)(H,18,21)/p-1. The highest BCUT2D eigenvalue weighted by atomic mass is 16.5. The van der Waals surface area contributed by atoms with E-state index in [0.29, 0.717) is 6.42 Å². The number of carbonyl (C=O) groups excluding carboxylic acids is 2. The summed E-state index contributed by atoms with van der Waals surface area (Å²) in [4.78, 5) is 26.9. The maximum absolute atomic E-state index is 11.8. The Hall–Kier alpha value is -2.57. The van der Waals surface area contributed by atoms with Crippen LogP contribution in [0, 0.1) is 0 Å². The highest BCUT2D eigenvalue weighted by Crippen LogP contribution is 2.01. The molecular formula is C15H20N3O4-. The van der Waals surface area contributed by atoms with Gasteiger partial charge in [0.2, 0.25) is 5.91 Å². The van der Waals surface area contributed by atoms with Crippen molar-refractivity contribution >= 4 is 17.9 Å². The topological polar surface area (TPSA) is 103 Å². The maximum Gasteiger partial charge on any atom is 0.408 e. The molecule has 120 valence electrons. The average Bonchev–Trinajstić information content (AvgIpc) is 2.56. The molecule has 7 nitrogen and oxygen atoms in total. The minimum atomic E-state index is -0.757. The summed E-state index contributed by atoms with van der Waals surface area (Å²) >= 11 is 0. The number of hydrogen-bond donors (Lipinski definition) is 2. The van der Waals surface area contributed by atoms with E-state index in [4.69, 9.17) is 4.74 Å². The molecule has 1 atom stereocenters. The molecule has 7 heteroatoms. The molecule has 2 N–H and O–H groups in total. The van der Waals surface area contributed by atoms with Crippen LogP contribution >= 0.6 is 0 Å². The zero-order chi connectivity index (χ0) is 16.4. The van der Waals surface area contributed by atoms with Gasteiger partial charge in [-0.2, -0.15) is 0 Å². The average molecular weight is 306 g/mol. The second kappa shape index (κ2) is 9.38. The molecule has 0 aliphatic heterocycles. The molecule has 0 spiro atoms. The van der Waals surface area contributed by atoms with E-state index in [2.05, 4.69) is 15.6 Å². The molecule has 0 saturated carbocycles. The van der Waals surface area contributed by atoms with E-state index in [-0.39, 0.29) is 13.2 Å². The summed E-state index contributed by atoms with van der Waals surface area (Å²) in [6.07, 6.45) is -0.304. The first-order chi connectivity index (χ1) is 10.6. The summed E-state index contributed by atoms with van der Waals surface area (Å²) in [6.45, 7) is 1.68. The first-order valence-electron chi connectivity index (χ1n) is 6.94. The Morgan fingerprint density at radius 1 is 1.32 bits per heavy atom. The molecule has 22 heavy (non-hydrogen) atoms. The normalized spacial score (nSPS) is 12.4. The first kappa shape index (κ1) is 17.5. The van der Waals surface area contributed by atoms with Gasteiger partial charge in [-0.1, -0.05) is 37.3 Å². The third-order valence-corrected chi connectivity index (χ3v) is 2.89. The number of benzene rings is 1. The number of aliphatic imine (C=N–C) groups is 1.